The van der Waals surface area contributed by atoms with E-state index in [2.05, 4.69) is 5.32 Å². The normalized spacial score (nSPS) is 21.7. The molecule has 0 fully saturated rings. The number of rotatable bonds is 5. The second-order valence-electron chi connectivity index (χ2n) is 7.05. The molecule has 0 saturated carbocycles. The molecule has 0 radical (unpaired) electrons. The summed E-state index contributed by atoms with van der Waals surface area (Å²) in [6, 6.07) is 5.74. The van der Waals surface area contributed by atoms with E-state index < -0.39 is 10.7 Å². The van der Waals surface area contributed by atoms with Crippen molar-refractivity contribution in [3.05, 3.63) is 63.5 Å². The summed E-state index contributed by atoms with van der Waals surface area (Å²) in [4.78, 5) is 11.1. The predicted molar refractivity (Wildman–Crippen MR) is 106 cm³/mol. The maximum atomic E-state index is 14.7. The minimum absolute atomic E-state index is 0.00851. The molecule has 152 valence electrons. The van der Waals surface area contributed by atoms with Crippen LogP contribution in [0.3, 0.4) is 0 Å². The molecule has 3 atom stereocenters. The number of hydrogen-bond acceptors (Lipinski definition) is 6. The number of nitrogens with one attached hydrogen (secondary N) is 1. The second-order valence-corrected chi connectivity index (χ2v) is 7.05. The van der Waals surface area contributed by atoms with Crippen molar-refractivity contribution in [1.29, 1.82) is 0 Å². The first-order valence-corrected chi connectivity index (χ1v) is 9.20. The predicted octanol–water partition coefficient (Wildman–Crippen LogP) is 4.59. The molecule has 1 aliphatic heterocycles. The quantitative estimate of drug-likeness (QED) is 0.449. The van der Waals surface area contributed by atoms with Gasteiger partial charge < -0.3 is 19.5 Å². The lowest BCUT2D eigenvalue weighted by Gasteiger charge is -2.37. The number of nitro benzene ring substituents is 1. The first-order valence-electron chi connectivity index (χ1n) is 9.20. The van der Waals surface area contributed by atoms with Gasteiger partial charge in [-0.1, -0.05) is 12.2 Å². The van der Waals surface area contributed by atoms with E-state index in [9.17, 15) is 14.5 Å². The second kappa shape index (κ2) is 7.27. The van der Waals surface area contributed by atoms with Crippen molar-refractivity contribution < 1.29 is 23.5 Å². The van der Waals surface area contributed by atoms with Crippen LogP contribution in [0.25, 0.3) is 0 Å². The maximum Gasteiger partial charge on any atom is 0.275 e. The van der Waals surface area contributed by atoms with Gasteiger partial charge in [0, 0.05) is 12.0 Å². The first-order chi connectivity index (χ1) is 14.0. The van der Waals surface area contributed by atoms with Crippen LogP contribution in [0, 0.1) is 21.8 Å². The third-order valence-electron chi connectivity index (χ3n) is 5.69. The molecule has 2 aliphatic rings. The molecule has 0 bridgehead atoms. The lowest BCUT2D eigenvalue weighted by molar-refractivity contribution is -0.385. The summed E-state index contributed by atoms with van der Waals surface area (Å²) in [7, 11) is 4.60. The molecule has 4 rings (SSSR count). The van der Waals surface area contributed by atoms with Crippen molar-refractivity contribution in [3.63, 3.8) is 0 Å². The topological polar surface area (TPSA) is 82.9 Å². The van der Waals surface area contributed by atoms with Crippen LogP contribution in [0.2, 0.25) is 0 Å². The van der Waals surface area contributed by atoms with Gasteiger partial charge in [0.25, 0.3) is 5.69 Å². The highest BCUT2D eigenvalue weighted by molar-refractivity contribution is 5.68. The van der Waals surface area contributed by atoms with Crippen LogP contribution < -0.4 is 19.5 Å². The fourth-order valence-electron chi connectivity index (χ4n) is 4.42. The molecule has 3 unspecified atom stereocenters. The van der Waals surface area contributed by atoms with Crippen molar-refractivity contribution in [3.8, 4) is 17.2 Å². The Balaban J connectivity index is 1.87. The van der Waals surface area contributed by atoms with Crippen LogP contribution in [0.4, 0.5) is 15.8 Å². The average molecular weight is 400 g/mol. The van der Waals surface area contributed by atoms with Crippen molar-refractivity contribution in [2.75, 3.05) is 26.6 Å². The van der Waals surface area contributed by atoms with Gasteiger partial charge in [0.05, 0.1) is 43.5 Å². The summed E-state index contributed by atoms with van der Waals surface area (Å²) in [5.74, 6) is 0.685. The number of ether oxygens (including phenoxy) is 3. The standard InChI is InChI=1S/C21H21FN2O5/c1-27-16-9-11(10-17(28-2)21(16)29-3)19-13-6-4-5-12(13)18-15(24(25)26)8-7-14(22)20(18)23-19/h4-5,7-10,12-13,19,23H,6H2,1-3H3. The Kier molecular flexibility index (Phi) is 4.77. The highest BCUT2D eigenvalue weighted by Crippen LogP contribution is 2.54. The molecule has 2 aromatic carbocycles. The summed E-state index contributed by atoms with van der Waals surface area (Å²) in [6.07, 6.45) is 4.64. The molecule has 0 aromatic heterocycles. The molecule has 1 N–H and O–H groups in total. The van der Waals surface area contributed by atoms with Crippen LogP contribution >= 0.6 is 0 Å². The van der Waals surface area contributed by atoms with Gasteiger partial charge in [0.1, 0.15) is 5.82 Å². The van der Waals surface area contributed by atoms with Crippen molar-refractivity contribution >= 4 is 11.4 Å². The number of halogens is 1. The summed E-state index contributed by atoms with van der Waals surface area (Å²) < 4.78 is 31.0. The number of methoxy groups -OCH3 is 3. The van der Waals surface area contributed by atoms with Crippen molar-refractivity contribution in [1.82, 2.24) is 0 Å². The van der Waals surface area contributed by atoms with E-state index in [4.69, 9.17) is 14.2 Å². The van der Waals surface area contributed by atoms with Gasteiger partial charge in [0.2, 0.25) is 5.75 Å². The number of fused-ring (bicyclic) bond motifs is 3. The van der Waals surface area contributed by atoms with E-state index >= 15 is 0 Å². The number of nitro groups is 1. The molecule has 0 amide bonds. The fourth-order valence-corrected chi connectivity index (χ4v) is 4.42. The molecular formula is C21H21FN2O5. The van der Waals surface area contributed by atoms with Gasteiger partial charge in [-0.3, -0.25) is 10.1 Å². The van der Waals surface area contributed by atoms with Gasteiger partial charge in [-0.2, -0.15) is 0 Å². The zero-order chi connectivity index (χ0) is 20.7. The number of benzene rings is 2. The first kappa shape index (κ1) is 19.0. The van der Waals surface area contributed by atoms with Crippen LogP contribution in [0.5, 0.6) is 17.2 Å². The number of hydrogen-bond donors (Lipinski definition) is 1. The van der Waals surface area contributed by atoms with E-state index in [1.165, 1.54) is 27.4 Å². The van der Waals surface area contributed by atoms with E-state index in [1.807, 2.05) is 24.3 Å². The summed E-state index contributed by atoms with van der Waals surface area (Å²) in [6.45, 7) is 0. The van der Waals surface area contributed by atoms with Crippen LogP contribution in [0.1, 0.15) is 29.5 Å². The Labute approximate surface area is 167 Å². The van der Waals surface area contributed by atoms with E-state index in [-0.39, 0.29) is 29.3 Å². The Morgan fingerprint density at radius 3 is 2.41 bits per heavy atom. The van der Waals surface area contributed by atoms with Crippen molar-refractivity contribution in [2.24, 2.45) is 5.92 Å². The molecule has 0 spiro atoms. The molecule has 2 aromatic rings. The van der Waals surface area contributed by atoms with E-state index in [0.29, 0.717) is 29.2 Å². The van der Waals surface area contributed by atoms with Gasteiger partial charge in [-0.05, 0) is 36.1 Å². The molecule has 1 aliphatic carbocycles. The highest BCUT2D eigenvalue weighted by Gasteiger charge is 2.43. The highest BCUT2D eigenvalue weighted by atomic mass is 19.1. The minimum Gasteiger partial charge on any atom is -0.493 e. The molecule has 29 heavy (non-hydrogen) atoms. The van der Waals surface area contributed by atoms with Gasteiger partial charge in [-0.25, -0.2) is 4.39 Å². The number of anilines is 1. The Bertz CT molecular complexity index is 982. The largest absolute Gasteiger partial charge is 0.493 e. The monoisotopic (exact) mass is 400 g/mol. The Morgan fingerprint density at radius 1 is 1.14 bits per heavy atom. The van der Waals surface area contributed by atoms with Gasteiger partial charge in [0.15, 0.2) is 11.5 Å². The SMILES string of the molecule is COc1cc(C2Nc3c(F)ccc([N+](=O)[O-])c3C3C=CCC32)cc(OC)c1OC. The molecule has 1 heterocycles. The molecular weight excluding hydrogens is 379 g/mol. The van der Waals surface area contributed by atoms with E-state index in [1.54, 1.807) is 0 Å². The minimum atomic E-state index is -0.512. The number of allylic oxidation sites excluding steroid dienone is 2. The molecule has 0 saturated heterocycles. The lowest BCUT2D eigenvalue weighted by atomic mass is 9.76. The third kappa shape index (κ3) is 2.95. The summed E-state index contributed by atoms with van der Waals surface area (Å²) in [5.41, 5.74) is 1.33. The van der Waals surface area contributed by atoms with Gasteiger partial charge >= 0.3 is 0 Å². The van der Waals surface area contributed by atoms with Crippen LogP contribution in [-0.2, 0) is 0 Å². The van der Waals surface area contributed by atoms with Crippen molar-refractivity contribution in [2.45, 2.75) is 18.4 Å². The third-order valence-corrected chi connectivity index (χ3v) is 5.69. The molecule has 8 heteroatoms. The zero-order valence-corrected chi connectivity index (χ0v) is 16.3. The molecule has 7 nitrogen and oxygen atoms in total. The van der Waals surface area contributed by atoms with E-state index in [0.717, 1.165) is 11.6 Å². The Morgan fingerprint density at radius 2 is 1.83 bits per heavy atom. The van der Waals surface area contributed by atoms with Crippen LogP contribution in [0.15, 0.2) is 36.4 Å². The number of nitrogens with zero attached hydrogens (tertiary/aromatic N) is 1. The fraction of sp³-hybridized carbons (Fsp3) is 0.333. The summed E-state index contributed by atoms with van der Waals surface area (Å²) in [5, 5.41) is 14.8. The lowest BCUT2D eigenvalue weighted by Crippen LogP contribution is -2.30. The summed E-state index contributed by atoms with van der Waals surface area (Å²) >= 11 is 0. The maximum absolute atomic E-state index is 14.7. The van der Waals surface area contributed by atoms with Gasteiger partial charge in [-0.15, -0.1) is 0 Å². The average Bonchev–Trinajstić information content (AvgIpc) is 3.22. The Hall–Kier alpha value is -3.29. The van der Waals surface area contributed by atoms with Crippen LogP contribution in [-0.4, -0.2) is 26.3 Å². The smallest absolute Gasteiger partial charge is 0.275 e. The zero-order valence-electron chi connectivity index (χ0n) is 16.3.